The van der Waals surface area contributed by atoms with Gasteiger partial charge in [0.25, 0.3) is 0 Å². The average Bonchev–Trinajstić information content (AvgIpc) is 3.09. The molecule has 2 aromatic carbocycles. The van der Waals surface area contributed by atoms with Gasteiger partial charge in [0, 0.05) is 38.3 Å². The summed E-state index contributed by atoms with van der Waals surface area (Å²) in [6.07, 6.45) is -0.465. The Hall–Kier alpha value is -2.70. The van der Waals surface area contributed by atoms with Crippen molar-refractivity contribution in [1.82, 2.24) is 15.0 Å². The van der Waals surface area contributed by atoms with E-state index in [1.54, 1.807) is 0 Å². The molecule has 1 aromatic heterocycles. The normalized spacial score (nSPS) is 18.7. The molecule has 6 nitrogen and oxygen atoms in total. The van der Waals surface area contributed by atoms with Crippen molar-refractivity contribution in [1.29, 1.82) is 0 Å². The predicted molar refractivity (Wildman–Crippen MR) is 99.7 cm³/mol. The first-order chi connectivity index (χ1) is 12.8. The van der Waals surface area contributed by atoms with E-state index >= 15 is 0 Å². The second-order valence-electron chi connectivity index (χ2n) is 6.59. The Morgan fingerprint density at radius 3 is 2.46 bits per heavy atom. The minimum Gasteiger partial charge on any atom is -0.390 e. The number of hydrogen-bond donors (Lipinski definition) is 1. The molecule has 1 aliphatic rings. The monoisotopic (exact) mass is 350 g/mol. The number of aliphatic hydroxyl groups is 1. The first-order valence-corrected chi connectivity index (χ1v) is 8.86. The highest BCUT2D eigenvalue weighted by atomic mass is 16.5. The van der Waals surface area contributed by atoms with E-state index in [4.69, 9.17) is 4.52 Å². The Labute approximate surface area is 152 Å². The summed E-state index contributed by atoms with van der Waals surface area (Å²) in [4.78, 5) is 8.73. The summed E-state index contributed by atoms with van der Waals surface area (Å²) in [6.45, 7) is 3.51. The van der Waals surface area contributed by atoms with E-state index in [2.05, 4.69) is 27.2 Å². The Morgan fingerprint density at radius 1 is 0.962 bits per heavy atom. The van der Waals surface area contributed by atoms with Crippen molar-refractivity contribution in [3.05, 3.63) is 66.2 Å². The fraction of sp³-hybridized carbons (Fsp3) is 0.300. The van der Waals surface area contributed by atoms with Crippen molar-refractivity contribution in [2.75, 3.05) is 31.1 Å². The maximum atomic E-state index is 10.4. The topological polar surface area (TPSA) is 65.6 Å². The number of β-amino-alcohol motifs (C(OH)–C–C–N with tert-alkyl or cyclic N) is 1. The molecule has 134 valence electrons. The van der Waals surface area contributed by atoms with Gasteiger partial charge in [-0.25, -0.2) is 0 Å². The van der Waals surface area contributed by atoms with E-state index in [-0.39, 0.29) is 0 Å². The maximum absolute atomic E-state index is 10.4. The Kier molecular flexibility index (Phi) is 4.95. The van der Waals surface area contributed by atoms with Crippen LogP contribution in [-0.4, -0.2) is 52.4 Å². The van der Waals surface area contributed by atoms with Gasteiger partial charge in [0.2, 0.25) is 5.82 Å². The molecule has 6 heteroatoms. The van der Waals surface area contributed by atoms with Crippen molar-refractivity contribution >= 4 is 6.01 Å². The zero-order valence-corrected chi connectivity index (χ0v) is 14.5. The second-order valence-corrected chi connectivity index (χ2v) is 6.59. The Morgan fingerprint density at radius 2 is 1.69 bits per heavy atom. The lowest BCUT2D eigenvalue weighted by atomic mass is 10.2. The molecule has 0 aliphatic carbocycles. The molecule has 1 N–H and O–H groups in total. The molecule has 1 saturated heterocycles. The molecule has 3 aromatic rings. The number of aliphatic hydroxyl groups excluding tert-OH is 1. The summed E-state index contributed by atoms with van der Waals surface area (Å²) in [5, 5.41) is 14.5. The molecule has 0 bridgehead atoms. The van der Waals surface area contributed by atoms with Crippen LogP contribution in [0, 0.1) is 0 Å². The molecule has 0 radical (unpaired) electrons. The van der Waals surface area contributed by atoms with Gasteiger partial charge in [0.05, 0.1) is 6.10 Å². The number of nitrogens with zero attached hydrogens (tertiary/aromatic N) is 4. The molecule has 1 aliphatic heterocycles. The molecular formula is C20H22N4O2. The number of benzene rings is 2. The average molecular weight is 350 g/mol. The summed E-state index contributed by atoms with van der Waals surface area (Å²) in [5.74, 6) is 0.570. The predicted octanol–water partition coefficient (Wildman–Crippen LogP) is 2.42. The third kappa shape index (κ3) is 3.92. The zero-order chi connectivity index (χ0) is 17.8. The highest BCUT2D eigenvalue weighted by Gasteiger charge is 2.25. The van der Waals surface area contributed by atoms with Crippen LogP contribution >= 0.6 is 0 Å². The number of hydrogen-bond acceptors (Lipinski definition) is 6. The molecule has 4 rings (SSSR count). The molecule has 1 fully saturated rings. The minimum atomic E-state index is -0.465. The summed E-state index contributed by atoms with van der Waals surface area (Å²) in [5.41, 5.74) is 2.17. The molecule has 1 atom stereocenters. The van der Waals surface area contributed by atoms with Gasteiger partial charge in [0.15, 0.2) is 0 Å². The van der Waals surface area contributed by atoms with Crippen molar-refractivity contribution in [2.45, 2.75) is 12.6 Å². The van der Waals surface area contributed by atoms with Gasteiger partial charge in [-0.3, -0.25) is 4.90 Å². The molecule has 0 spiro atoms. The molecule has 0 saturated carbocycles. The van der Waals surface area contributed by atoms with Crippen molar-refractivity contribution in [3.63, 3.8) is 0 Å². The first kappa shape index (κ1) is 16.8. The third-order valence-electron chi connectivity index (χ3n) is 4.55. The largest absolute Gasteiger partial charge is 0.390 e. The highest BCUT2D eigenvalue weighted by molar-refractivity contribution is 5.55. The first-order valence-electron chi connectivity index (χ1n) is 8.86. The van der Waals surface area contributed by atoms with Gasteiger partial charge in [0.1, 0.15) is 0 Å². The molecule has 0 unspecified atom stereocenters. The van der Waals surface area contributed by atoms with E-state index in [0.717, 1.165) is 25.2 Å². The Balaban J connectivity index is 1.45. The van der Waals surface area contributed by atoms with E-state index in [1.165, 1.54) is 5.56 Å². The quantitative estimate of drug-likeness (QED) is 0.780. The van der Waals surface area contributed by atoms with Gasteiger partial charge in [-0.1, -0.05) is 65.8 Å². The van der Waals surface area contributed by atoms with Crippen LogP contribution in [0.5, 0.6) is 0 Å². The third-order valence-corrected chi connectivity index (χ3v) is 4.55. The van der Waals surface area contributed by atoms with Crippen molar-refractivity contribution < 1.29 is 9.63 Å². The van der Waals surface area contributed by atoms with Crippen LogP contribution in [0.1, 0.15) is 5.56 Å². The standard InChI is InChI=1S/C20H22N4O2/c25-18-14-23(13-16-7-3-1-4-8-16)11-12-24(15-18)20-21-19(22-26-20)17-9-5-2-6-10-17/h1-10,18,25H,11-15H2/t18-/m0/s1. The van der Waals surface area contributed by atoms with Crippen molar-refractivity contribution in [2.24, 2.45) is 0 Å². The number of anilines is 1. The van der Waals surface area contributed by atoms with Gasteiger partial charge in [-0.15, -0.1) is 0 Å². The molecule has 26 heavy (non-hydrogen) atoms. The Bertz CT molecular complexity index is 822. The van der Waals surface area contributed by atoms with E-state index in [0.29, 0.717) is 24.9 Å². The van der Waals surface area contributed by atoms with Crippen LogP contribution in [0.3, 0.4) is 0 Å². The van der Waals surface area contributed by atoms with Crippen LogP contribution in [0.25, 0.3) is 11.4 Å². The summed E-state index contributed by atoms with van der Waals surface area (Å²) in [7, 11) is 0. The number of rotatable bonds is 4. The van der Waals surface area contributed by atoms with Crippen LogP contribution in [-0.2, 0) is 6.54 Å². The van der Waals surface area contributed by atoms with E-state index < -0.39 is 6.10 Å². The smallest absolute Gasteiger partial charge is 0.324 e. The SMILES string of the molecule is O[C@H]1CN(Cc2ccccc2)CCN(c2nc(-c3ccccc3)no2)C1. The van der Waals surface area contributed by atoms with Gasteiger partial charge in [-0.2, -0.15) is 4.98 Å². The lowest BCUT2D eigenvalue weighted by Gasteiger charge is -2.21. The van der Waals surface area contributed by atoms with E-state index in [1.807, 2.05) is 53.4 Å². The second kappa shape index (κ2) is 7.68. The van der Waals surface area contributed by atoms with Gasteiger partial charge < -0.3 is 14.5 Å². The fourth-order valence-corrected chi connectivity index (χ4v) is 3.26. The zero-order valence-electron chi connectivity index (χ0n) is 14.5. The number of aromatic nitrogens is 2. The van der Waals surface area contributed by atoms with Crippen LogP contribution in [0.15, 0.2) is 65.2 Å². The highest BCUT2D eigenvalue weighted by Crippen LogP contribution is 2.21. The molecular weight excluding hydrogens is 328 g/mol. The summed E-state index contributed by atoms with van der Waals surface area (Å²) in [6, 6.07) is 20.5. The maximum Gasteiger partial charge on any atom is 0.324 e. The lowest BCUT2D eigenvalue weighted by molar-refractivity contribution is 0.129. The minimum absolute atomic E-state index is 0.462. The van der Waals surface area contributed by atoms with Crippen LogP contribution in [0.2, 0.25) is 0 Å². The molecule has 0 amide bonds. The molecule has 2 heterocycles. The summed E-state index contributed by atoms with van der Waals surface area (Å²) >= 11 is 0. The van der Waals surface area contributed by atoms with Gasteiger partial charge in [-0.05, 0) is 5.56 Å². The summed E-state index contributed by atoms with van der Waals surface area (Å²) < 4.78 is 5.45. The lowest BCUT2D eigenvalue weighted by Crippen LogP contribution is -2.33. The van der Waals surface area contributed by atoms with E-state index in [9.17, 15) is 5.11 Å². The fourth-order valence-electron chi connectivity index (χ4n) is 3.26. The van der Waals surface area contributed by atoms with Crippen molar-refractivity contribution in [3.8, 4) is 11.4 Å². The van der Waals surface area contributed by atoms with Crippen LogP contribution in [0.4, 0.5) is 6.01 Å². The van der Waals surface area contributed by atoms with Crippen LogP contribution < -0.4 is 4.90 Å². The van der Waals surface area contributed by atoms with Gasteiger partial charge >= 0.3 is 6.01 Å².